The van der Waals surface area contributed by atoms with Gasteiger partial charge in [0.1, 0.15) is 0 Å². The van der Waals surface area contributed by atoms with E-state index in [2.05, 4.69) is 32.3 Å². The first-order valence-corrected chi connectivity index (χ1v) is 11.0. The SMILES string of the molecule is Fc1cnc(Nc2ccc(N3CC4(CCOC4)C3)cc2)nc1OCC1CCCCC1. The molecule has 0 radical (unpaired) electrons. The Balaban J connectivity index is 1.18. The van der Waals surface area contributed by atoms with Gasteiger partial charge in [0, 0.05) is 36.5 Å². The van der Waals surface area contributed by atoms with Crippen LogP contribution >= 0.6 is 0 Å². The fraction of sp³-hybridized carbons (Fsp3) is 0.565. The van der Waals surface area contributed by atoms with Gasteiger partial charge in [-0.05, 0) is 49.4 Å². The first kappa shape index (κ1) is 19.5. The number of hydrogen-bond acceptors (Lipinski definition) is 6. The minimum Gasteiger partial charge on any atom is -0.475 e. The van der Waals surface area contributed by atoms with E-state index in [1.54, 1.807) is 0 Å². The second kappa shape index (κ2) is 8.38. The van der Waals surface area contributed by atoms with E-state index in [1.807, 2.05) is 12.1 Å². The zero-order valence-electron chi connectivity index (χ0n) is 17.3. The summed E-state index contributed by atoms with van der Waals surface area (Å²) in [5, 5.41) is 3.15. The van der Waals surface area contributed by atoms with Gasteiger partial charge in [-0.15, -0.1) is 0 Å². The zero-order valence-corrected chi connectivity index (χ0v) is 17.3. The van der Waals surface area contributed by atoms with Crippen LogP contribution in [0, 0.1) is 17.2 Å². The second-order valence-electron chi connectivity index (χ2n) is 8.99. The number of rotatable bonds is 6. The van der Waals surface area contributed by atoms with E-state index in [1.165, 1.54) is 31.1 Å². The third-order valence-electron chi connectivity index (χ3n) is 6.62. The van der Waals surface area contributed by atoms with Gasteiger partial charge < -0.3 is 19.7 Å². The Morgan fingerprint density at radius 2 is 1.97 bits per heavy atom. The second-order valence-corrected chi connectivity index (χ2v) is 8.99. The van der Waals surface area contributed by atoms with Crippen LogP contribution in [-0.2, 0) is 4.74 Å². The molecule has 1 aliphatic carbocycles. The van der Waals surface area contributed by atoms with Crippen LogP contribution in [0.4, 0.5) is 21.7 Å². The molecule has 0 amide bonds. The molecule has 1 N–H and O–H groups in total. The lowest BCUT2D eigenvalue weighted by Crippen LogP contribution is -2.56. The number of nitrogens with one attached hydrogen (secondary N) is 1. The van der Waals surface area contributed by atoms with Crippen molar-refractivity contribution in [3.8, 4) is 5.88 Å². The molecule has 160 valence electrons. The highest BCUT2D eigenvalue weighted by molar-refractivity contribution is 5.60. The molecule has 6 nitrogen and oxygen atoms in total. The summed E-state index contributed by atoms with van der Waals surface area (Å²) in [6.45, 7) is 4.41. The van der Waals surface area contributed by atoms with E-state index in [4.69, 9.17) is 9.47 Å². The van der Waals surface area contributed by atoms with Gasteiger partial charge in [0.15, 0.2) is 0 Å². The maximum Gasteiger partial charge on any atom is 0.255 e. The van der Waals surface area contributed by atoms with Crippen LogP contribution in [0.5, 0.6) is 5.88 Å². The molecular formula is C23H29FN4O2. The Hall–Kier alpha value is -2.41. The quantitative estimate of drug-likeness (QED) is 0.751. The van der Waals surface area contributed by atoms with E-state index in [0.29, 0.717) is 23.9 Å². The van der Waals surface area contributed by atoms with Crippen molar-refractivity contribution < 1.29 is 13.9 Å². The molecule has 5 rings (SSSR count). The molecule has 1 aromatic carbocycles. The van der Waals surface area contributed by atoms with Gasteiger partial charge in [-0.2, -0.15) is 9.37 Å². The molecule has 0 unspecified atom stereocenters. The van der Waals surface area contributed by atoms with E-state index in [-0.39, 0.29) is 5.88 Å². The highest BCUT2D eigenvalue weighted by Gasteiger charge is 2.45. The van der Waals surface area contributed by atoms with Crippen LogP contribution < -0.4 is 15.0 Å². The Morgan fingerprint density at radius 1 is 1.17 bits per heavy atom. The summed E-state index contributed by atoms with van der Waals surface area (Å²) in [6, 6.07) is 8.19. The molecule has 0 atom stereocenters. The normalized spacial score (nSPS) is 20.9. The Morgan fingerprint density at radius 3 is 2.70 bits per heavy atom. The summed E-state index contributed by atoms with van der Waals surface area (Å²) in [4.78, 5) is 10.7. The standard InChI is InChI=1S/C23H29FN4O2/c24-20-12-25-22(27-21(20)30-13-17-4-2-1-3-5-17)26-18-6-8-19(9-7-18)28-14-23(15-28)10-11-29-16-23/h6-9,12,17H,1-5,10-11,13-16H2,(H,25,26,27). The molecule has 0 bridgehead atoms. The fourth-order valence-corrected chi connectivity index (χ4v) is 4.79. The first-order chi connectivity index (χ1) is 14.7. The van der Waals surface area contributed by atoms with Crippen LogP contribution in [0.3, 0.4) is 0 Å². The summed E-state index contributed by atoms with van der Waals surface area (Å²) < 4.78 is 25.3. The molecule has 3 heterocycles. The number of ether oxygens (including phenoxy) is 2. The van der Waals surface area contributed by atoms with Crippen molar-refractivity contribution in [1.82, 2.24) is 9.97 Å². The lowest BCUT2D eigenvalue weighted by atomic mass is 9.79. The molecule has 3 aliphatic rings. The predicted octanol–water partition coefficient (Wildman–Crippen LogP) is 4.55. The lowest BCUT2D eigenvalue weighted by molar-refractivity contribution is 0.131. The third-order valence-corrected chi connectivity index (χ3v) is 6.62. The summed E-state index contributed by atoms with van der Waals surface area (Å²) in [7, 11) is 0. The van der Waals surface area contributed by atoms with Crippen LogP contribution in [0.1, 0.15) is 38.5 Å². The third kappa shape index (κ3) is 4.21. The smallest absolute Gasteiger partial charge is 0.255 e. The molecular weight excluding hydrogens is 383 g/mol. The average molecular weight is 413 g/mol. The van der Waals surface area contributed by atoms with Gasteiger partial charge in [0.05, 0.1) is 19.4 Å². The van der Waals surface area contributed by atoms with E-state index in [0.717, 1.165) is 51.3 Å². The van der Waals surface area contributed by atoms with Crippen LogP contribution in [0.15, 0.2) is 30.5 Å². The lowest BCUT2D eigenvalue weighted by Gasteiger charge is -2.48. The first-order valence-electron chi connectivity index (χ1n) is 11.0. The van der Waals surface area contributed by atoms with Crippen molar-refractivity contribution in [2.75, 3.05) is 43.1 Å². The Labute approximate surface area is 176 Å². The topological polar surface area (TPSA) is 59.5 Å². The molecule has 2 saturated heterocycles. The van der Waals surface area contributed by atoms with Crippen molar-refractivity contribution in [2.24, 2.45) is 11.3 Å². The molecule has 1 spiro atoms. The van der Waals surface area contributed by atoms with E-state index >= 15 is 0 Å². The van der Waals surface area contributed by atoms with Gasteiger partial charge in [-0.1, -0.05) is 19.3 Å². The summed E-state index contributed by atoms with van der Waals surface area (Å²) >= 11 is 0. The predicted molar refractivity (Wildman–Crippen MR) is 114 cm³/mol. The number of benzene rings is 1. The molecule has 2 aliphatic heterocycles. The number of aromatic nitrogens is 2. The van der Waals surface area contributed by atoms with Gasteiger partial charge in [-0.25, -0.2) is 4.98 Å². The monoisotopic (exact) mass is 412 g/mol. The zero-order chi connectivity index (χ0) is 20.4. The molecule has 7 heteroatoms. The Kier molecular flexibility index (Phi) is 5.46. The molecule has 3 fully saturated rings. The molecule has 30 heavy (non-hydrogen) atoms. The maximum absolute atomic E-state index is 14.1. The Bertz CT molecular complexity index is 856. The summed E-state index contributed by atoms with van der Waals surface area (Å²) in [6.07, 6.45) is 8.38. The fourth-order valence-electron chi connectivity index (χ4n) is 4.79. The van der Waals surface area contributed by atoms with Crippen molar-refractivity contribution in [2.45, 2.75) is 38.5 Å². The number of nitrogens with zero attached hydrogens (tertiary/aromatic N) is 3. The van der Waals surface area contributed by atoms with Crippen LogP contribution in [-0.4, -0.2) is 42.9 Å². The number of hydrogen-bond donors (Lipinski definition) is 1. The van der Waals surface area contributed by atoms with E-state index < -0.39 is 5.82 Å². The molecule has 1 aromatic heterocycles. The van der Waals surface area contributed by atoms with Crippen LogP contribution in [0.2, 0.25) is 0 Å². The van der Waals surface area contributed by atoms with Gasteiger partial charge in [-0.3, -0.25) is 0 Å². The summed E-state index contributed by atoms with van der Waals surface area (Å²) in [5.41, 5.74) is 2.44. The number of halogens is 1. The van der Waals surface area contributed by atoms with E-state index in [9.17, 15) is 4.39 Å². The largest absolute Gasteiger partial charge is 0.475 e. The molecule has 1 saturated carbocycles. The van der Waals surface area contributed by atoms with Crippen molar-refractivity contribution >= 4 is 17.3 Å². The highest BCUT2D eigenvalue weighted by atomic mass is 19.1. The van der Waals surface area contributed by atoms with Gasteiger partial charge in [0.25, 0.3) is 5.88 Å². The van der Waals surface area contributed by atoms with Gasteiger partial charge in [0.2, 0.25) is 11.8 Å². The van der Waals surface area contributed by atoms with Crippen LogP contribution in [0.25, 0.3) is 0 Å². The average Bonchev–Trinajstić information content (AvgIpc) is 3.25. The number of anilines is 3. The molecule has 2 aromatic rings. The minimum absolute atomic E-state index is 0.0272. The highest BCUT2D eigenvalue weighted by Crippen LogP contribution is 2.40. The van der Waals surface area contributed by atoms with Crippen molar-refractivity contribution in [1.29, 1.82) is 0 Å². The maximum atomic E-state index is 14.1. The van der Waals surface area contributed by atoms with Crippen molar-refractivity contribution in [3.05, 3.63) is 36.3 Å². The van der Waals surface area contributed by atoms with Crippen molar-refractivity contribution in [3.63, 3.8) is 0 Å². The minimum atomic E-state index is -0.519. The summed E-state index contributed by atoms with van der Waals surface area (Å²) in [5.74, 6) is 0.343. The van der Waals surface area contributed by atoms with Gasteiger partial charge >= 0.3 is 0 Å².